The standard InChI is InChI=1S/C21H26N2O2/c1-3-18-7-9-20(10-8-18)25-16-21(24)23-13-11-22(12-14-23)19-6-4-5-17(2)15-19/h4-10,15H,3,11-14,16H2,1-2H3. The Morgan fingerprint density at radius 3 is 2.40 bits per heavy atom. The van der Waals surface area contributed by atoms with Gasteiger partial charge in [0, 0.05) is 31.9 Å². The van der Waals surface area contributed by atoms with E-state index in [1.165, 1.54) is 16.8 Å². The maximum atomic E-state index is 12.4. The average molecular weight is 338 g/mol. The lowest BCUT2D eigenvalue weighted by molar-refractivity contribution is -0.133. The second-order valence-corrected chi connectivity index (χ2v) is 6.49. The first-order chi connectivity index (χ1) is 12.2. The molecule has 2 aromatic rings. The largest absolute Gasteiger partial charge is 0.484 e. The van der Waals surface area contributed by atoms with E-state index in [0.29, 0.717) is 0 Å². The van der Waals surface area contributed by atoms with Crippen molar-refractivity contribution in [3.8, 4) is 5.75 Å². The van der Waals surface area contributed by atoms with Crippen LogP contribution in [0.4, 0.5) is 5.69 Å². The molecule has 0 aliphatic carbocycles. The van der Waals surface area contributed by atoms with E-state index in [-0.39, 0.29) is 12.5 Å². The Morgan fingerprint density at radius 1 is 1.04 bits per heavy atom. The molecule has 0 N–H and O–H groups in total. The van der Waals surface area contributed by atoms with Crippen molar-refractivity contribution in [2.75, 3.05) is 37.7 Å². The SMILES string of the molecule is CCc1ccc(OCC(=O)N2CCN(c3cccc(C)c3)CC2)cc1. The maximum Gasteiger partial charge on any atom is 0.260 e. The molecule has 4 heteroatoms. The molecule has 0 bridgehead atoms. The fraction of sp³-hybridized carbons (Fsp3) is 0.381. The minimum Gasteiger partial charge on any atom is -0.484 e. The van der Waals surface area contributed by atoms with Gasteiger partial charge in [0.1, 0.15) is 5.75 Å². The topological polar surface area (TPSA) is 32.8 Å². The van der Waals surface area contributed by atoms with Crippen molar-refractivity contribution in [1.82, 2.24) is 4.90 Å². The van der Waals surface area contributed by atoms with Gasteiger partial charge in [0.2, 0.25) is 0 Å². The predicted molar refractivity (Wildman–Crippen MR) is 101 cm³/mol. The molecular formula is C21H26N2O2. The van der Waals surface area contributed by atoms with Crippen LogP contribution in [0.25, 0.3) is 0 Å². The summed E-state index contributed by atoms with van der Waals surface area (Å²) in [5.41, 5.74) is 3.77. The summed E-state index contributed by atoms with van der Waals surface area (Å²) in [6.45, 7) is 7.54. The molecule has 0 spiro atoms. The quantitative estimate of drug-likeness (QED) is 0.839. The van der Waals surface area contributed by atoms with E-state index >= 15 is 0 Å². The summed E-state index contributed by atoms with van der Waals surface area (Å²) in [5, 5.41) is 0. The zero-order chi connectivity index (χ0) is 17.6. The molecular weight excluding hydrogens is 312 g/mol. The van der Waals surface area contributed by atoms with E-state index < -0.39 is 0 Å². The number of rotatable bonds is 5. The minimum absolute atomic E-state index is 0.0588. The van der Waals surface area contributed by atoms with Crippen molar-refractivity contribution >= 4 is 11.6 Å². The average Bonchev–Trinajstić information content (AvgIpc) is 2.66. The Hall–Kier alpha value is -2.49. The van der Waals surface area contributed by atoms with Crippen LogP contribution in [0.2, 0.25) is 0 Å². The number of benzene rings is 2. The predicted octanol–water partition coefficient (Wildman–Crippen LogP) is 3.29. The van der Waals surface area contributed by atoms with E-state index in [2.05, 4.69) is 43.0 Å². The lowest BCUT2D eigenvalue weighted by Gasteiger charge is -2.36. The molecule has 1 fully saturated rings. The highest BCUT2D eigenvalue weighted by Gasteiger charge is 2.21. The van der Waals surface area contributed by atoms with Crippen molar-refractivity contribution < 1.29 is 9.53 Å². The molecule has 0 radical (unpaired) electrons. The number of nitrogens with zero attached hydrogens (tertiary/aromatic N) is 2. The molecule has 1 aliphatic rings. The van der Waals surface area contributed by atoms with Crippen molar-refractivity contribution in [2.45, 2.75) is 20.3 Å². The van der Waals surface area contributed by atoms with Crippen molar-refractivity contribution in [3.05, 3.63) is 59.7 Å². The van der Waals surface area contributed by atoms with Gasteiger partial charge in [-0.1, -0.05) is 31.2 Å². The zero-order valence-corrected chi connectivity index (χ0v) is 15.1. The summed E-state index contributed by atoms with van der Waals surface area (Å²) in [4.78, 5) is 16.6. The van der Waals surface area contributed by atoms with E-state index in [1.807, 2.05) is 29.2 Å². The number of carbonyl (C=O) groups is 1. The molecule has 3 rings (SSSR count). The highest BCUT2D eigenvalue weighted by atomic mass is 16.5. The van der Waals surface area contributed by atoms with Gasteiger partial charge in [-0.15, -0.1) is 0 Å². The van der Waals surface area contributed by atoms with E-state index in [9.17, 15) is 4.79 Å². The number of hydrogen-bond acceptors (Lipinski definition) is 3. The first-order valence-electron chi connectivity index (χ1n) is 8.97. The normalized spacial score (nSPS) is 14.5. The van der Waals surface area contributed by atoms with Gasteiger partial charge in [0.05, 0.1) is 0 Å². The fourth-order valence-electron chi connectivity index (χ4n) is 3.10. The van der Waals surface area contributed by atoms with Crippen LogP contribution in [0.3, 0.4) is 0 Å². The van der Waals surface area contributed by atoms with Gasteiger partial charge >= 0.3 is 0 Å². The zero-order valence-electron chi connectivity index (χ0n) is 15.1. The molecule has 1 heterocycles. The van der Waals surface area contributed by atoms with Gasteiger partial charge in [-0.2, -0.15) is 0 Å². The number of hydrogen-bond donors (Lipinski definition) is 0. The molecule has 1 saturated heterocycles. The lowest BCUT2D eigenvalue weighted by atomic mass is 10.2. The van der Waals surface area contributed by atoms with Gasteiger partial charge in [0.25, 0.3) is 5.91 Å². The number of anilines is 1. The summed E-state index contributed by atoms with van der Waals surface area (Å²) in [6, 6.07) is 16.5. The van der Waals surface area contributed by atoms with Crippen LogP contribution in [-0.4, -0.2) is 43.6 Å². The number of amides is 1. The maximum absolute atomic E-state index is 12.4. The summed E-state index contributed by atoms with van der Waals surface area (Å²) < 4.78 is 5.64. The van der Waals surface area contributed by atoms with Gasteiger partial charge in [0.15, 0.2) is 6.61 Å². The van der Waals surface area contributed by atoms with Crippen molar-refractivity contribution in [2.24, 2.45) is 0 Å². The third kappa shape index (κ3) is 4.53. The fourth-order valence-corrected chi connectivity index (χ4v) is 3.10. The monoisotopic (exact) mass is 338 g/mol. The van der Waals surface area contributed by atoms with E-state index in [0.717, 1.165) is 38.3 Å². The Balaban J connectivity index is 1.48. The molecule has 2 aromatic carbocycles. The molecule has 132 valence electrons. The second kappa shape index (κ2) is 8.06. The van der Waals surface area contributed by atoms with Crippen LogP contribution >= 0.6 is 0 Å². The molecule has 0 unspecified atom stereocenters. The molecule has 1 aliphatic heterocycles. The van der Waals surface area contributed by atoms with Gasteiger partial charge < -0.3 is 14.5 Å². The molecule has 0 atom stereocenters. The van der Waals surface area contributed by atoms with Gasteiger partial charge in [-0.25, -0.2) is 0 Å². The minimum atomic E-state index is 0.0588. The summed E-state index contributed by atoms with van der Waals surface area (Å²) in [5.74, 6) is 0.812. The Labute approximate surface area is 150 Å². The lowest BCUT2D eigenvalue weighted by Crippen LogP contribution is -2.50. The highest BCUT2D eigenvalue weighted by molar-refractivity contribution is 5.78. The number of piperazine rings is 1. The van der Waals surface area contributed by atoms with Crippen molar-refractivity contribution in [3.63, 3.8) is 0 Å². The molecule has 0 aromatic heterocycles. The van der Waals surface area contributed by atoms with Crippen LogP contribution in [0.15, 0.2) is 48.5 Å². The van der Waals surface area contributed by atoms with Gasteiger partial charge in [-0.05, 0) is 48.7 Å². The third-order valence-corrected chi connectivity index (χ3v) is 4.69. The molecule has 0 saturated carbocycles. The van der Waals surface area contributed by atoms with Crippen LogP contribution < -0.4 is 9.64 Å². The van der Waals surface area contributed by atoms with Crippen molar-refractivity contribution in [1.29, 1.82) is 0 Å². The number of carbonyl (C=O) groups excluding carboxylic acids is 1. The van der Waals surface area contributed by atoms with E-state index in [1.54, 1.807) is 0 Å². The van der Waals surface area contributed by atoms with Crippen LogP contribution in [0.1, 0.15) is 18.1 Å². The number of aryl methyl sites for hydroxylation is 2. The smallest absolute Gasteiger partial charge is 0.260 e. The Kier molecular flexibility index (Phi) is 5.59. The highest BCUT2D eigenvalue weighted by Crippen LogP contribution is 2.18. The Morgan fingerprint density at radius 2 is 1.76 bits per heavy atom. The van der Waals surface area contributed by atoms with Gasteiger partial charge in [-0.3, -0.25) is 4.79 Å². The molecule has 1 amide bonds. The molecule has 25 heavy (non-hydrogen) atoms. The summed E-state index contributed by atoms with van der Waals surface area (Å²) in [6.07, 6.45) is 1.00. The van der Waals surface area contributed by atoms with Crippen LogP contribution in [-0.2, 0) is 11.2 Å². The van der Waals surface area contributed by atoms with Crippen LogP contribution in [0, 0.1) is 6.92 Å². The first kappa shape index (κ1) is 17.3. The summed E-state index contributed by atoms with van der Waals surface area (Å²) in [7, 11) is 0. The van der Waals surface area contributed by atoms with Crippen LogP contribution in [0.5, 0.6) is 5.75 Å². The van der Waals surface area contributed by atoms with E-state index in [4.69, 9.17) is 4.74 Å². The second-order valence-electron chi connectivity index (χ2n) is 6.49. The number of ether oxygens (including phenoxy) is 1. The Bertz CT molecular complexity index is 704. The summed E-state index contributed by atoms with van der Waals surface area (Å²) >= 11 is 0. The molecule has 4 nitrogen and oxygen atoms in total. The third-order valence-electron chi connectivity index (χ3n) is 4.69. The first-order valence-corrected chi connectivity index (χ1v) is 8.97.